The summed E-state index contributed by atoms with van der Waals surface area (Å²) < 4.78 is 1.89. The molecule has 1 aliphatic rings. The van der Waals surface area contributed by atoms with Crippen molar-refractivity contribution in [2.24, 2.45) is 18.9 Å². The van der Waals surface area contributed by atoms with Crippen molar-refractivity contribution in [3.63, 3.8) is 0 Å². The molecule has 2 heterocycles. The fourth-order valence-electron chi connectivity index (χ4n) is 2.74. The normalized spacial score (nSPS) is 18.3. The summed E-state index contributed by atoms with van der Waals surface area (Å²) in [6.07, 6.45) is 6.75. The molecule has 0 aromatic carbocycles. The maximum Gasteiger partial charge on any atom is 0.0534 e. The highest BCUT2D eigenvalue weighted by atomic mass is 15.2. The average Bonchev–Trinajstić information content (AvgIpc) is 2.77. The topological polar surface area (TPSA) is 33.1 Å². The van der Waals surface area contributed by atoms with Gasteiger partial charge in [0, 0.05) is 25.4 Å². The molecule has 1 fully saturated rings. The Bertz CT molecular complexity index is 364. The van der Waals surface area contributed by atoms with E-state index >= 15 is 0 Å². The van der Waals surface area contributed by atoms with Crippen molar-refractivity contribution in [3.05, 3.63) is 18.0 Å². The predicted molar refractivity (Wildman–Crippen MR) is 78.9 cm³/mol. The van der Waals surface area contributed by atoms with Crippen molar-refractivity contribution in [1.82, 2.24) is 20.0 Å². The molecule has 1 N–H and O–H groups in total. The molecular weight excluding hydrogens is 236 g/mol. The van der Waals surface area contributed by atoms with Crippen LogP contribution in [0.2, 0.25) is 0 Å². The summed E-state index contributed by atoms with van der Waals surface area (Å²) in [7, 11) is 1.98. The van der Waals surface area contributed by atoms with E-state index in [2.05, 4.69) is 35.4 Å². The molecule has 0 bridgehead atoms. The fourth-order valence-corrected chi connectivity index (χ4v) is 2.74. The molecule has 1 aliphatic heterocycles. The van der Waals surface area contributed by atoms with Gasteiger partial charge in [0.15, 0.2) is 0 Å². The molecule has 0 unspecified atom stereocenters. The second-order valence-electron chi connectivity index (χ2n) is 6.29. The third-order valence-corrected chi connectivity index (χ3v) is 3.86. The van der Waals surface area contributed by atoms with Crippen molar-refractivity contribution in [2.45, 2.75) is 33.2 Å². The summed E-state index contributed by atoms with van der Waals surface area (Å²) in [6.45, 7) is 10.4. The molecule has 2 rings (SSSR count). The molecular formula is C15H28N4. The lowest BCUT2D eigenvalue weighted by Crippen LogP contribution is -2.37. The van der Waals surface area contributed by atoms with Crippen LogP contribution >= 0.6 is 0 Å². The van der Waals surface area contributed by atoms with E-state index in [1.807, 2.05) is 17.9 Å². The predicted octanol–water partition coefficient (Wildman–Crippen LogP) is 1.88. The van der Waals surface area contributed by atoms with Gasteiger partial charge in [0.1, 0.15) is 0 Å². The van der Waals surface area contributed by atoms with Gasteiger partial charge in [-0.25, -0.2) is 0 Å². The molecule has 0 amide bonds. The van der Waals surface area contributed by atoms with Crippen LogP contribution in [0.1, 0.15) is 32.3 Å². The Morgan fingerprint density at radius 1 is 1.37 bits per heavy atom. The van der Waals surface area contributed by atoms with E-state index < -0.39 is 0 Å². The smallest absolute Gasteiger partial charge is 0.0534 e. The first-order chi connectivity index (χ1) is 9.13. The lowest BCUT2D eigenvalue weighted by atomic mass is 9.96. The van der Waals surface area contributed by atoms with E-state index in [4.69, 9.17) is 0 Å². The van der Waals surface area contributed by atoms with Crippen LogP contribution in [0.4, 0.5) is 0 Å². The highest BCUT2D eigenvalue weighted by molar-refractivity contribution is 5.03. The van der Waals surface area contributed by atoms with Gasteiger partial charge in [0.2, 0.25) is 0 Å². The third kappa shape index (κ3) is 4.96. The zero-order chi connectivity index (χ0) is 13.7. The van der Waals surface area contributed by atoms with Crippen LogP contribution in [0.5, 0.6) is 0 Å². The number of nitrogens with one attached hydrogen (secondary N) is 1. The molecule has 1 aromatic rings. The van der Waals surface area contributed by atoms with Gasteiger partial charge in [0.05, 0.1) is 6.20 Å². The molecule has 0 aliphatic carbocycles. The Balaban J connectivity index is 1.65. The van der Waals surface area contributed by atoms with Crippen LogP contribution in [0.3, 0.4) is 0 Å². The van der Waals surface area contributed by atoms with E-state index in [0.717, 1.165) is 24.9 Å². The van der Waals surface area contributed by atoms with Gasteiger partial charge >= 0.3 is 0 Å². The van der Waals surface area contributed by atoms with E-state index in [9.17, 15) is 0 Å². The number of rotatable bonds is 6. The number of nitrogens with zero attached hydrogens (tertiary/aromatic N) is 3. The highest BCUT2D eigenvalue weighted by Gasteiger charge is 2.19. The van der Waals surface area contributed by atoms with E-state index in [-0.39, 0.29) is 0 Å². The minimum absolute atomic E-state index is 0.755. The Kier molecular flexibility index (Phi) is 5.40. The zero-order valence-corrected chi connectivity index (χ0v) is 12.6. The summed E-state index contributed by atoms with van der Waals surface area (Å²) in [5, 5.41) is 7.82. The SMILES string of the molecule is CC(C)CNCC1CCN(Cc2cnn(C)c2)CC1. The number of piperidine rings is 1. The molecule has 0 radical (unpaired) electrons. The Morgan fingerprint density at radius 2 is 2.11 bits per heavy atom. The number of aromatic nitrogens is 2. The lowest BCUT2D eigenvalue weighted by molar-refractivity contribution is 0.175. The first-order valence-corrected chi connectivity index (χ1v) is 7.54. The van der Waals surface area contributed by atoms with E-state index in [1.54, 1.807) is 0 Å². The number of aryl methyl sites for hydroxylation is 1. The van der Waals surface area contributed by atoms with Gasteiger partial charge in [-0.05, 0) is 50.9 Å². The van der Waals surface area contributed by atoms with Crippen molar-refractivity contribution in [2.75, 3.05) is 26.2 Å². The maximum absolute atomic E-state index is 4.23. The molecule has 0 saturated carbocycles. The summed E-state index contributed by atoms with van der Waals surface area (Å²) in [5.41, 5.74) is 1.33. The molecule has 0 atom stereocenters. The summed E-state index contributed by atoms with van der Waals surface area (Å²) in [5.74, 6) is 1.62. The maximum atomic E-state index is 4.23. The number of hydrogen-bond donors (Lipinski definition) is 1. The minimum Gasteiger partial charge on any atom is -0.316 e. The van der Waals surface area contributed by atoms with Gasteiger partial charge < -0.3 is 5.32 Å². The van der Waals surface area contributed by atoms with Crippen molar-refractivity contribution < 1.29 is 0 Å². The third-order valence-electron chi connectivity index (χ3n) is 3.86. The van der Waals surface area contributed by atoms with Gasteiger partial charge in [-0.2, -0.15) is 5.10 Å². The van der Waals surface area contributed by atoms with Crippen LogP contribution in [0, 0.1) is 11.8 Å². The van der Waals surface area contributed by atoms with Gasteiger partial charge in [-0.3, -0.25) is 9.58 Å². The van der Waals surface area contributed by atoms with Gasteiger partial charge in [0.25, 0.3) is 0 Å². The standard InChI is InChI=1S/C15H28N4/c1-13(2)8-16-9-14-4-6-19(7-5-14)12-15-10-17-18(3)11-15/h10-11,13-14,16H,4-9,12H2,1-3H3. The van der Waals surface area contributed by atoms with Crippen LogP contribution in [0.15, 0.2) is 12.4 Å². The van der Waals surface area contributed by atoms with Crippen LogP contribution < -0.4 is 5.32 Å². The van der Waals surface area contributed by atoms with E-state index in [1.165, 1.54) is 38.0 Å². The minimum atomic E-state index is 0.755. The fraction of sp³-hybridized carbons (Fsp3) is 0.800. The van der Waals surface area contributed by atoms with Gasteiger partial charge in [-0.1, -0.05) is 13.8 Å². The van der Waals surface area contributed by atoms with Crippen molar-refractivity contribution >= 4 is 0 Å². The van der Waals surface area contributed by atoms with Crippen molar-refractivity contribution in [3.8, 4) is 0 Å². The molecule has 1 saturated heterocycles. The first kappa shape index (κ1) is 14.5. The molecule has 0 spiro atoms. The van der Waals surface area contributed by atoms with Crippen LogP contribution in [-0.4, -0.2) is 40.9 Å². The quantitative estimate of drug-likeness (QED) is 0.851. The van der Waals surface area contributed by atoms with Gasteiger partial charge in [-0.15, -0.1) is 0 Å². The highest BCUT2D eigenvalue weighted by Crippen LogP contribution is 2.18. The average molecular weight is 264 g/mol. The summed E-state index contributed by atoms with van der Waals surface area (Å²) in [6, 6.07) is 0. The number of likely N-dealkylation sites (tertiary alicyclic amines) is 1. The molecule has 1 aromatic heterocycles. The molecule has 19 heavy (non-hydrogen) atoms. The Morgan fingerprint density at radius 3 is 2.68 bits per heavy atom. The molecule has 4 nitrogen and oxygen atoms in total. The lowest BCUT2D eigenvalue weighted by Gasteiger charge is -2.31. The summed E-state index contributed by atoms with van der Waals surface area (Å²) >= 11 is 0. The van der Waals surface area contributed by atoms with Crippen LogP contribution in [-0.2, 0) is 13.6 Å². The second kappa shape index (κ2) is 7.06. The monoisotopic (exact) mass is 264 g/mol. The first-order valence-electron chi connectivity index (χ1n) is 7.54. The Labute approximate surface area is 117 Å². The molecule has 108 valence electrons. The zero-order valence-electron chi connectivity index (χ0n) is 12.6. The largest absolute Gasteiger partial charge is 0.316 e. The van der Waals surface area contributed by atoms with Crippen LogP contribution in [0.25, 0.3) is 0 Å². The molecule has 4 heteroatoms. The Hall–Kier alpha value is -0.870. The van der Waals surface area contributed by atoms with Crippen molar-refractivity contribution in [1.29, 1.82) is 0 Å². The second-order valence-corrected chi connectivity index (χ2v) is 6.29. The van der Waals surface area contributed by atoms with E-state index in [0.29, 0.717) is 0 Å². The summed E-state index contributed by atoms with van der Waals surface area (Å²) in [4.78, 5) is 2.55. The number of hydrogen-bond acceptors (Lipinski definition) is 3.